The Morgan fingerprint density at radius 1 is 0.368 bits per heavy atom. The number of rotatable bonds is 10. The number of nitrogens with one attached hydrogen (secondary N) is 2. The summed E-state index contributed by atoms with van der Waals surface area (Å²) >= 11 is 12.6. The van der Waals surface area contributed by atoms with Gasteiger partial charge in [-0.15, -0.1) is 0 Å². The molecule has 0 aliphatic carbocycles. The average Bonchev–Trinajstić information content (AvgIpc) is 3.01. The van der Waals surface area contributed by atoms with E-state index in [1.807, 2.05) is 24.3 Å². The van der Waals surface area contributed by atoms with E-state index < -0.39 is 12.4 Å². The van der Waals surface area contributed by atoms with Crippen molar-refractivity contribution >= 4 is 57.2 Å². The quantitative estimate of drug-likeness (QED) is 0.203. The van der Waals surface area contributed by atoms with E-state index >= 15 is 0 Å². The van der Waals surface area contributed by atoms with E-state index in [0.717, 1.165) is 0 Å². The van der Waals surface area contributed by atoms with Gasteiger partial charge in [0.05, 0.1) is 12.4 Å². The molecule has 38 heavy (non-hydrogen) atoms. The molecule has 0 radical (unpaired) electrons. The van der Waals surface area contributed by atoms with Gasteiger partial charge in [-0.3, -0.25) is 10.2 Å². The summed E-state index contributed by atoms with van der Waals surface area (Å²) < 4.78 is 0. The summed E-state index contributed by atoms with van der Waals surface area (Å²) in [5, 5.41) is 12.2. The molecule has 2 nitrogen and oxygen atoms in total. The summed E-state index contributed by atoms with van der Waals surface area (Å²) in [6.07, 6.45) is -4.29. The monoisotopic (exact) mass is 568 g/mol. The van der Waals surface area contributed by atoms with Gasteiger partial charge in [0, 0.05) is 34.3 Å². The van der Waals surface area contributed by atoms with Crippen LogP contribution in [0.15, 0.2) is 146 Å². The zero-order chi connectivity index (χ0) is 26.3. The molecule has 0 heterocycles. The van der Waals surface area contributed by atoms with Gasteiger partial charge in [0.25, 0.3) is 0 Å². The Labute approximate surface area is 236 Å². The third kappa shape index (κ3) is 6.14. The van der Waals surface area contributed by atoms with Crippen molar-refractivity contribution in [2.45, 2.75) is 13.1 Å². The van der Waals surface area contributed by atoms with Gasteiger partial charge in [0.2, 0.25) is 0 Å². The van der Waals surface area contributed by atoms with Crippen molar-refractivity contribution in [3.63, 3.8) is 0 Å². The lowest BCUT2D eigenvalue weighted by atomic mass is 10.1. The summed E-state index contributed by atoms with van der Waals surface area (Å²) in [5.74, 6) is 0. The third-order valence-electron chi connectivity index (χ3n) is 6.51. The Morgan fingerprint density at radius 3 is 0.842 bits per heavy atom. The molecule has 190 valence electrons. The first-order chi connectivity index (χ1) is 18.6. The Morgan fingerprint density at radius 2 is 0.605 bits per heavy atom. The van der Waals surface area contributed by atoms with E-state index in [9.17, 15) is 0 Å². The maximum absolute atomic E-state index is 6.32. The number of hydrogen-bond acceptors (Lipinski definition) is 2. The normalized spacial score (nSPS) is 11.8. The van der Waals surface area contributed by atoms with Gasteiger partial charge >= 0.3 is 0 Å². The van der Waals surface area contributed by atoms with Crippen LogP contribution in [0.5, 0.6) is 0 Å². The molecule has 0 aliphatic heterocycles. The Bertz CT molecular complexity index is 1340. The topological polar surface area (TPSA) is 24.1 Å². The molecule has 0 saturated heterocycles. The van der Waals surface area contributed by atoms with E-state index in [-0.39, 0.29) is 0 Å². The molecule has 0 bridgehead atoms. The fourth-order valence-corrected chi connectivity index (χ4v) is 10.7. The molecule has 0 atom stereocenters. The summed E-state index contributed by atoms with van der Waals surface area (Å²) in [6.45, 7) is 1.42. The molecule has 6 heteroatoms. The second-order valence-electron chi connectivity index (χ2n) is 9.05. The van der Waals surface area contributed by atoms with Gasteiger partial charge in [-0.05, 0) is 11.1 Å². The highest BCUT2D eigenvalue weighted by atomic mass is 32.4. The highest BCUT2D eigenvalue weighted by Crippen LogP contribution is 2.40. The maximum atomic E-state index is 6.32. The van der Waals surface area contributed by atoms with Crippen LogP contribution in [0.3, 0.4) is 0 Å². The predicted molar refractivity (Wildman–Crippen MR) is 173 cm³/mol. The standard InChI is InChI=1S/C32H30N2P2S2/c37-35(29-13-5-1-6-14-29,30-15-7-2-8-16-30)33-25-27-21-23-28(24-22-27)26-34-36(38,31-17-9-3-10-18-31)32-19-11-4-12-20-32/h1-24H,25-26H2,(H,33,37)(H,34,38). The first-order valence-corrected chi connectivity index (χ1v) is 18.2. The van der Waals surface area contributed by atoms with Crippen LogP contribution in [-0.4, -0.2) is 0 Å². The second-order valence-corrected chi connectivity index (χ2v) is 17.5. The fraction of sp³-hybridized carbons (Fsp3) is 0.0625. The smallest absolute Gasteiger partial charge is 0.0687 e. The molecule has 2 N–H and O–H groups in total. The molecular formula is C32H30N2P2S2. The Balaban J connectivity index is 1.31. The summed E-state index contributed by atoms with van der Waals surface area (Å²) in [7, 11) is 0. The minimum absolute atomic E-state index is 0.709. The largest absolute Gasteiger partial charge is 0.277 e. The van der Waals surface area contributed by atoms with Crippen LogP contribution in [0.1, 0.15) is 11.1 Å². The second kappa shape index (κ2) is 12.5. The molecule has 5 aromatic rings. The molecule has 0 aromatic heterocycles. The van der Waals surface area contributed by atoms with Crippen LogP contribution < -0.4 is 31.4 Å². The molecule has 0 amide bonds. The van der Waals surface area contributed by atoms with Crippen LogP contribution >= 0.6 is 12.4 Å². The van der Waals surface area contributed by atoms with Crippen molar-refractivity contribution in [2.75, 3.05) is 0 Å². The van der Waals surface area contributed by atoms with E-state index in [2.05, 4.69) is 132 Å². The summed E-state index contributed by atoms with van der Waals surface area (Å²) in [4.78, 5) is 0. The maximum Gasteiger partial charge on any atom is 0.0687 e. The highest BCUT2D eigenvalue weighted by molar-refractivity contribution is 8.21. The van der Waals surface area contributed by atoms with Crippen LogP contribution in [-0.2, 0) is 36.7 Å². The van der Waals surface area contributed by atoms with Gasteiger partial charge < -0.3 is 0 Å². The van der Waals surface area contributed by atoms with Crippen LogP contribution in [0.2, 0.25) is 0 Å². The predicted octanol–water partition coefficient (Wildman–Crippen LogP) is 5.96. The van der Waals surface area contributed by atoms with Crippen molar-refractivity contribution in [3.8, 4) is 0 Å². The van der Waals surface area contributed by atoms with Gasteiger partial charge in [-0.1, -0.05) is 169 Å². The molecule has 0 aliphatic rings. The van der Waals surface area contributed by atoms with Crippen molar-refractivity contribution in [1.29, 1.82) is 0 Å². The lowest BCUT2D eigenvalue weighted by Gasteiger charge is -2.25. The van der Waals surface area contributed by atoms with Crippen LogP contribution in [0.25, 0.3) is 0 Å². The fourth-order valence-electron chi connectivity index (χ4n) is 4.40. The summed E-state index contributed by atoms with van der Waals surface area (Å²) in [5.41, 5.74) is 2.42. The first-order valence-electron chi connectivity index (χ1n) is 12.6. The third-order valence-corrected chi connectivity index (χ3v) is 15.1. The Hall–Kier alpha value is -2.68. The molecular weight excluding hydrogens is 538 g/mol. The van der Waals surface area contributed by atoms with Crippen molar-refractivity contribution in [2.24, 2.45) is 0 Å². The molecule has 0 saturated carbocycles. The lowest BCUT2D eigenvalue weighted by Crippen LogP contribution is -2.27. The molecule has 0 unspecified atom stereocenters. The zero-order valence-electron chi connectivity index (χ0n) is 21.0. The minimum Gasteiger partial charge on any atom is -0.277 e. The lowest BCUT2D eigenvalue weighted by molar-refractivity contribution is 0.943. The van der Waals surface area contributed by atoms with Crippen molar-refractivity contribution < 1.29 is 0 Å². The Kier molecular flexibility index (Phi) is 8.82. The van der Waals surface area contributed by atoms with Crippen LogP contribution in [0, 0.1) is 0 Å². The highest BCUT2D eigenvalue weighted by Gasteiger charge is 2.22. The first kappa shape index (κ1) is 26.9. The molecule has 5 rings (SSSR count). The minimum atomic E-state index is -2.14. The van der Waals surface area contributed by atoms with E-state index in [1.54, 1.807) is 0 Å². The van der Waals surface area contributed by atoms with Crippen LogP contribution in [0.4, 0.5) is 0 Å². The number of benzene rings is 5. The zero-order valence-corrected chi connectivity index (χ0v) is 24.4. The van der Waals surface area contributed by atoms with E-state index in [1.165, 1.54) is 32.3 Å². The van der Waals surface area contributed by atoms with Crippen molar-refractivity contribution in [1.82, 2.24) is 10.2 Å². The van der Waals surface area contributed by atoms with Gasteiger partial charge in [-0.25, -0.2) is 0 Å². The van der Waals surface area contributed by atoms with E-state index in [4.69, 9.17) is 23.6 Å². The van der Waals surface area contributed by atoms with Gasteiger partial charge in [0.1, 0.15) is 0 Å². The molecule has 0 fully saturated rings. The average molecular weight is 569 g/mol. The van der Waals surface area contributed by atoms with E-state index in [0.29, 0.717) is 13.1 Å². The van der Waals surface area contributed by atoms with Gasteiger partial charge in [0.15, 0.2) is 0 Å². The molecule has 0 spiro atoms. The molecule has 5 aromatic carbocycles. The van der Waals surface area contributed by atoms with Gasteiger partial charge in [-0.2, -0.15) is 0 Å². The SMILES string of the molecule is S=P(NCc1ccc(CNP(=S)(c2ccccc2)c2ccccc2)cc1)(c1ccccc1)c1ccccc1. The van der Waals surface area contributed by atoms with Crippen molar-refractivity contribution in [3.05, 3.63) is 157 Å². The number of hydrogen-bond donors (Lipinski definition) is 2. The summed E-state index contributed by atoms with van der Waals surface area (Å²) in [6, 6.07) is 50.5.